The van der Waals surface area contributed by atoms with Crippen LogP contribution in [-0.4, -0.2) is 25.1 Å². The van der Waals surface area contributed by atoms with Gasteiger partial charge in [0.05, 0.1) is 7.11 Å². The lowest BCUT2D eigenvalue weighted by Crippen LogP contribution is -2.38. The third-order valence-corrected chi connectivity index (χ3v) is 6.19. The highest BCUT2D eigenvalue weighted by Crippen LogP contribution is 2.64. The van der Waals surface area contributed by atoms with Crippen LogP contribution < -0.4 is 9.47 Å². The van der Waals surface area contributed by atoms with E-state index in [4.69, 9.17) is 14.2 Å². The van der Waals surface area contributed by atoms with Gasteiger partial charge < -0.3 is 19.3 Å². The van der Waals surface area contributed by atoms with Crippen molar-refractivity contribution in [3.05, 3.63) is 35.1 Å². The Balaban J connectivity index is 1.70. The summed E-state index contributed by atoms with van der Waals surface area (Å²) in [4.78, 5) is 0. The molecule has 22 heavy (non-hydrogen) atoms. The molecule has 4 atom stereocenters. The van der Waals surface area contributed by atoms with Crippen LogP contribution in [0.3, 0.4) is 0 Å². The average molecular weight is 300 g/mol. The first-order valence-corrected chi connectivity index (χ1v) is 8.10. The fraction of sp³-hybridized carbons (Fsp3) is 0.556. The predicted molar refractivity (Wildman–Crippen MR) is 79.9 cm³/mol. The van der Waals surface area contributed by atoms with E-state index < -0.39 is 6.10 Å². The van der Waals surface area contributed by atoms with Gasteiger partial charge in [-0.05, 0) is 54.5 Å². The fourth-order valence-electron chi connectivity index (χ4n) is 5.29. The molecule has 0 radical (unpaired) electrons. The number of rotatable bonds is 1. The van der Waals surface area contributed by atoms with Gasteiger partial charge in [0.2, 0.25) is 6.79 Å². The lowest BCUT2D eigenvalue weighted by molar-refractivity contribution is 0.0761. The number of methoxy groups -OCH3 is 1. The zero-order valence-electron chi connectivity index (χ0n) is 12.7. The van der Waals surface area contributed by atoms with E-state index in [-0.39, 0.29) is 11.3 Å². The van der Waals surface area contributed by atoms with E-state index in [0.717, 1.165) is 30.1 Å². The first-order valence-electron chi connectivity index (χ1n) is 8.10. The maximum absolute atomic E-state index is 10.9. The standard InChI is InChI=1S/C18H20O4/c1-20-15-8-18-4-2-3-11(18)5-10-6-13-14(22-9-21-13)7-12(10)16(18)17(15)19/h6-8,11,16-17,19H,2-5,9H2,1H3/t11?,16-,17-,18-/m1/s1. The van der Waals surface area contributed by atoms with Crippen molar-refractivity contribution in [3.63, 3.8) is 0 Å². The molecule has 1 N–H and O–H groups in total. The summed E-state index contributed by atoms with van der Waals surface area (Å²) in [6.45, 7) is 0.293. The normalized spacial score (nSPS) is 37.4. The van der Waals surface area contributed by atoms with Gasteiger partial charge in [-0.1, -0.05) is 6.42 Å². The van der Waals surface area contributed by atoms with Gasteiger partial charge in [-0.15, -0.1) is 0 Å². The molecule has 4 aliphatic rings. The first kappa shape index (κ1) is 12.8. The smallest absolute Gasteiger partial charge is 0.231 e. The van der Waals surface area contributed by atoms with Crippen molar-refractivity contribution in [2.24, 2.45) is 11.3 Å². The van der Waals surface area contributed by atoms with Crippen molar-refractivity contribution in [1.82, 2.24) is 0 Å². The van der Waals surface area contributed by atoms with Crippen LogP contribution in [0.4, 0.5) is 0 Å². The molecule has 0 aromatic heterocycles. The number of benzene rings is 1. The number of fused-ring (bicyclic) bond motifs is 3. The Morgan fingerprint density at radius 3 is 2.91 bits per heavy atom. The Hall–Kier alpha value is -1.68. The summed E-state index contributed by atoms with van der Waals surface area (Å²) in [5, 5.41) is 10.9. The molecule has 4 heteroatoms. The second kappa shape index (κ2) is 4.19. The fourth-order valence-corrected chi connectivity index (χ4v) is 5.29. The maximum Gasteiger partial charge on any atom is 0.231 e. The molecule has 0 amide bonds. The number of hydrogen-bond acceptors (Lipinski definition) is 4. The lowest BCUT2D eigenvalue weighted by atomic mass is 9.61. The number of aliphatic hydroxyl groups is 1. The minimum atomic E-state index is -0.551. The number of aliphatic hydroxyl groups excluding tert-OH is 1. The molecule has 1 aromatic carbocycles. The first-order chi connectivity index (χ1) is 10.7. The van der Waals surface area contributed by atoms with E-state index >= 15 is 0 Å². The molecule has 116 valence electrons. The molecule has 1 saturated carbocycles. The number of allylic oxidation sites excluding steroid dienone is 1. The zero-order chi connectivity index (χ0) is 14.9. The van der Waals surface area contributed by atoms with Crippen molar-refractivity contribution in [2.75, 3.05) is 13.9 Å². The second-order valence-corrected chi connectivity index (χ2v) is 6.98. The summed E-state index contributed by atoms with van der Waals surface area (Å²) < 4.78 is 16.6. The van der Waals surface area contributed by atoms with Crippen LogP contribution >= 0.6 is 0 Å². The molecule has 0 saturated heterocycles. The van der Waals surface area contributed by atoms with E-state index in [2.05, 4.69) is 18.2 Å². The van der Waals surface area contributed by atoms with Gasteiger partial charge in [-0.25, -0.2) is 0 Å². The largest absolute Gasteiger partial charge is 0.499 e. The van der Waals surface area contributed by atoms with Gasteiger partial charge in [0.25, 0.3) is 0 Å². The summed E-state index contributed by atoms with van der Waals surface area (Å²) >= 11 is 0. The van der Waals surface area contributed by atoms with E-state index in [1.807, 2.05) is 0 Å². The summed E-state index contributed by atoms with van der Waals surface area (Å²) in [6, 6.07) is 4.21. The van der Waals surface area contributed by atoms with Crippen molar-refractivity contribution in [1.29, 1.82) is 0 Å². The molecular weight excluding hydrogens is 280 g/mol. The molecule has 1 unspecified atom stereocenters. The topological polar surface area (TPSA) is 47.9 Å². The van der Waals surface area contributed by atoms with Crippen molar-refractivity contribution < 1.29 is 19.3 Å². The van der Waals surface area contributed by atoms with E-state index in [9.17, 15) is 5.11 Å². The highest BCUT2D eigenvalue weighted by Gasteiger charge is 2.58. The maximum atomic E-state index is 10.9. The Labute approximate surface area is 129 Å². The highest BCUT2D eigenvalue weighted by atomic mass is 16.7. The molecular formula is C18H20O4. The summed E-state index contributed by atoms with van der Waals surface area (Å²) in [5.41, 5.74) is 2.59. The Morgan fingerprint density at radius 1 is 1.27 bits per heavy atom. The Bertz CT molecular complexity index is 680. The molecule has 1 aliphatic heterocycles. The number of hydrogen-bond donors (Lipinski definition) is 1. The van der Waals surface area contributed by atoms with Gasteiger partial charge in [0, 0.05) is 11.3 Å². The summed E-state index contributed by atoms with van der Waals surface area (Å²) in [5.74, 6) is 3.07. The van der Waals surface area contributed by atoms with Crippen molar-refractivity contribution >= 4 is 0 Å². The van der Waals surface area contributed by atoms with Crippen LogP contribution in [0.2, 0.25) is 0 Å². The monoisotopic (exact) mass is 300 g/mol. The van der Waals surface area contributed by atoms with Crippen LogP contribution in [0.1, 0.15) is 36.3 Å². The molecule has 1 fully saturated rings. The Morgan fingerprint density at radius 2 is 2.09 bits per heavy atom. The second-order valence-electron chi connectivity index (χ2n) is 6.98. The molecule has 3 aliphatic carbocycles. The SMILES string of the molecule is COC1=C[C@]23CCCC2Cc2cc4c(cc2[C@@H]3[C@@H]1O)OCO4. The summed E-state index contributed by atoms with van der Waals surface area (Å²) in [6.07, 6.45) is 6.33. The zero-order valence-corrected chi connectivity index (χ0v) is 12.7. The average Bonchev–Trinajstić information content (AvgIpc) is 3.19. The third-order valence-electron chi connectivity index (χ3n) is 6.19. The van der Waals surface area contributed by atoms with Gasteiger partial charge in [-0.2, -0.15) is 0 Å². The quantitative estimate of drug-likeness (QED) is 0.866. The van der Waals surface area contributed by atoms with Gasteiger partial charge in [-0.3, -0.25) is 0 Å². The highest BCUT2D eigenvalue weighted by molar-refractivity contribution is 5.54. The van der Waals surface area contributed by atoms with Crippen LogP contribution in [-0.2, 0) is 11.2 Å². The molecule has 1 spiro atoms. The third kappa shape index (κ3) is 1.42. The molecule has 0 bridgehead atoms. The van der Waals surface area contributed by atoms with Crippen LogP contribution in [0.25, 0.3) is 0 Å². The minimum Gasteiger partial charge on any atom is -0.499 e. The number of ether oxygens (including phenoxy) is 3. The van der Waals surface area contributed by atoms with E-state index in [0.29, 0.717) is 12.7 Å². The molecule has 1 heterocycles. The van der Waals surface area contributed by atoms with Crippen LogP contribution in [0.15, 0.2) is 24.0 Å². The van der Waals surface area contributed by atoms with E-state index in [1.165, 1.54) is 24.0 Å². The molecule has 5 rings (SSSR count). The predicted octanol–water partition coefficient (Wildman–Crippen LogP) is 2.75. The molecule has 1 aromatic rings. The summed E-state index contributed by atoms with van der Waals surface area (Å²) in [7, 11) is 1.66. The lowest BCUT2D eigenvalue weighted by Gasteiger charge is -2.43. The van der Waals surface area contributed by atoms with Gasteiger partial charge in [0.15, 0.2) is 11.5 Å². The van der Waals surface area contributed by atoms with Crippen LogP contribution in [0.5, 0.6) is 11.5 Å². The van der Waals surface area contributed by atoms with Crippen molar-refractivity contribution in [3.8, 4) is 11.5 Å². The van der Waals surface area contributed by atoms with Crippen molar-refractivity contribution in [2.45, 2.75) is 37.7 Å². The van der Waals surface area contributed by atoms with Gasteiger partial charge >= 0.3 is 0 Å². The molecule has 4 nitrogen and oxygen atoms in total. The Kier molecular flexibility index (Phi) is 2.44. The van der Waals surface area contributed by atoms with Crippen LogP contribution in [0, 0.1) is 11.3 Å². The van der Waals surface area contributed by atoms with E-state index in [1.54, 1.807) is 7.11 Å². The van der Waals surface area contributed by atoms with Gasteiger partial charge in [0.1, 0.15) is 11.9 Å². The minimum absolute atomic E-state index is 0.0610.